The van der Waals surface area contributed by atoms with E-state index >= 15 is 0 Å². The van der Waals surface area contributed by atoms with Crippen LogP contribution in [0.25, 0.3) is 0 Å². The van der Waals surface area contributed by atoms with Gasteiger partial charge in [-0.1, -0.05) is 32.0 Å². The molecule has 116 valence electrons. The van der Waals surface area contributed by atoms with E-state index in [0.29, 0.717) is 10.8 Å². The van der Waals surface area contributed by atoms with Gasteiger partial charge in [-0.2, -0.15) is 0 Å². The zero-order valence-corrected chi connectivity index (χ0v) is 13.9. The minimum atomic E-state index is -0.715. The standard InChI is InChI=1S/C16H19N3O2S/c1-9(2)12-7-5-6-10(3)13(12)18-14(20)15(21)19-16-17-11(4)8-22-16/h5-9H,1-4H3,(H,18,20)(H,17,19,21). The molecule has 2 aromatic rings. The van der Waals surface area contributed by atoms with E-state index in [9.17, 15) is 9.59 Å². The highest BCUT2D eigenvalue weighted by Crippen LogP contribution is 2.27. The molecule has 0 aliphatic carbocycles. The Labute approximate surface area is 133 Å². The summed E-state index contributed by atoms with van der Waals surface area (Å²) in [5.41, 5.74) is 3.44. The number of anilines is 2. The van der Waals surface area contributed by atoms with Crippen LogP contribution in [0.4, 0.5) is 10.8 Å². The largest absolute Gasteiger partial charge is 0.317 e. The highest BCUT2D eigenvalue weighted by Gasteiger charge is 2.18. The average molecular weight is 317 g/mol. The number of rotatable bonds is 3. The fourth-order valence-electron chi connectivity index (χ4n) is 2.08. The van der Waals surface area contributed by atoms with Crippen molar-refractivity contribution < 1.29 is 9.59 Å². The first-order valence-electron chi connectivity index (χ1n) is 7.02. The second-order valence-corrected chi connectivity index (χ2v) is 6.25. The fraction of sp³-hybridized carbons (Fsp3) is 0.312. The molecule has 6 heteroatoms. The quantitative estimate of drug-likeness (QED) is 0.852. The Balaban J connectivity index is 2.13. The molecule has 0 saturated carbocycles. The van der Waals surface area contributed by atoms with E-state index < -0.39 is 11.8 Å². The van der Waals surface area contributed by atoms with Gasteiger partial charge in [0.15, 0.2) is 5.13 Å². The maximum Gasteiger partial charge on any atom is 0.315 e. The Morgan fingerprint density at radius 3 is 2.41 bits per heavy atom. The van der Waals surface area contributed by atoms with Crippen LogP contribution in [0.5, 0.6) is 0 Å². The number of aryl methyl sites for hydroxylation is 2. The summed E-state index contributed by atoms with van der Waals surface area (Å²) in [6, 6.07) is 5.80. The van der Waals surface area contributed by atoms with Gasteiger partial charge in [0.1, 0.15) is 0 Å². The maximum atomic E-state index is 12.1. The maximum absolute atomic E-state index is 12.1. The molecule has 0 aliphatic rings. The lowest BCUT2D eigenvalue weighted by Crippen LogP contribution is -2.29. The van der Waals surface area contributed by atoms with E-state index in [-0.39, 0.29) is 5.92 Å². The van der Waals surface area contributed by atoms with Gasteiger partial charge >= 0.3 is 11.8 Å². The third-order valence-corrected chi connectivity index (χ3v) is 4.09. The summed E-state index contributed by atoms with van der Waals surface area (Å²) >= 11 is 1.29. The number of aromatic nitrogens is 1. The number of amides is 2. The van der Waals surface area contributed by atoms with Crippen LogP contribution in [0.2, 0.25) is 0 Å². The van der Waals surface area contributed by atoms with Crippen molar-refractivity contribution in [2.75, 3.05) is 10.6 Å². The van der Waals surface area contributed by atoms with Gasteiger partial charge in [0.25, 0.3) is 0 Å². The summed E-state index contributed by atoms with van der Waals surface area (Å²) in [5, 5.41) is 7.45. The smallest absolute Gasteiger partial charge is 0.315 e. The highest BCUT2D eigenvalue weighted by atomic mass is 32.1. The third kappa shape index (κ3) is 3.71. The van der Waals surface area contributed by atoms with Gasteiger partial charge in [-0.3, -0.25) is 14.9 Å². The Kier molecular flexibility index (Phi) is 4.92. The number of para-hydroxylation sites is 1. The zero-order valence-electron chi connectivity index (χ0n) is 13.1. The molecule has 0 radical (unpaired) electrons. The first kappa shape index (κ1) is 16.2. The molecule has 1 aromatic heterocycles. The first-order valence-corrected chi connectivity index (χ1v) is 7.90. The average Bonchev–Trinajstić information content (AvgIpc) is 2.85. The highest BCUT2D eigenvalue weighted by molar-refractivity contribution is 7.14. The number of hydrogen-bond donors (Lipinski definition) is 2. The number of carbonyl (C=O) groups excluding carboxylic acids is 2. The van der Waals surface area contributed by atoms with Gasteiger partial charge in [-0.15, -0.1) is 11.3 Å². The van der Waals surface area contributed by atoms with Crippen molar-refractivity contribution in [2.24, 2.45) is 0 Å². The number of benzene rings is 1. The van der Waals surface area contributed by atoms with Gasteiger partial charge in [0, 0.05) is 11.1 Å². The number of hydrogen-bond acceptors (Lipinski definition) is 4. The lowest BCUT2D eigenvalue weighted by Gasteiger charge is -2.16. The van der Waals surface area contributed by atoms with Crippen LogP contribution in [0, 0.1) is 13.8 Å². The molecule has 1 aromatic carbocycles. The zero-order chi connectivity index (χ0) is 16.3. The molecule has 2 N–H and O–H groups in total. The van der Waals surface area contributed by atoms with Gasteiger partial charge in [0.05, 0.1) is 5.69 Å². The molecule has 0 fully saturated rings. The van der Waals surface area contributed by atoms with Crippen molar-refractivity contribution in [3.05, 3.63) is 40.4 Å². The van der Waals surface area contributed by atoms with Gasteiger partial charge < -0.3 is 5.32 Å². The van der Waals surface area contributed by atoms with Crippen molar-refractivity contribution in [3.63, 3.8) is 0 Å². The van der Waals surface area contributed by atoms with Crippen molar-refractivity contribution in [1.29, 1.82) is 0 Å². The lowest BCUT2D eigenvalue weighted by atomic mass is 9.98. The summed E-state index contributed by atoms with van der Waals surface area (Å²) in [6.07, 6.45) is 0. The predicted molar refractivity (Wildman–Crippen MR) is 89.4 cm³/mol. The van der Waals surface area contributed by atoms with Gasteiger partial charge in [0.2, 0.25) is 0 Å². The van der Waals surface area contributed by atoms with Gasteiger partial charge in [-0.25, -0.2) is 4.98 Å². The third-order valence-electron chi connectivity index (χ3n) is 3.21. The first-order chi connectivity index (χ1) is 10.4. The lowest BCUT2D eigenvalue weighted by molar-refractivity contribution is -0.133. The van der Waals surface area contributed by atoms with Crippen LogP contribution in [0.15, 0.2) is 23.6 Å². The van der Waals surface area contributed by atoms with Crippen LogP contribution >= 0.6 is 11.3 Å². The molecule has 0 atom stereocenters. The van der Waals surface area contributed by atoms with Crippen LogP contribution in [0.1, 0.15) is 36.6 Å². The van der Waals surface area contributed by atoms with Crippen molar-refractivity contribution in [3.8, 4) is 0 Å². The predicted octanol–water partition coefficient (Wildman–Crippen LogP) is 3.46. The van der Waals surface area contributed by atoms with E-state index in [1.54, 1.807) is 0 Å². The molecule has 2 amide bonds. The molecule has 0 unspecified atom stereocenters. The second-order valence-electron chi connectivity index (χ2n) is 5.40. The Morgan fingerprint density at radius 2 is 1.82 bits per heavy atom. The summed E-state index contributed by atoms with van der Waals surface area (Å²) < 4.78 is 0. The van der Waals surface area contributed by atoms with Crippen molar-refractivity contribution in [2.45, 2.75) is 33.6 Å². The van der Waals surface area contributed by atoms with E-state index in [4.69, 9.17) is 0 Å². The molecule has 0 bridgehead atoms. The molecular weight excluding hydrogens is 298 g/mol. The number of nitrogens with one attached hydrogen (secondary N) is 2. The van der Waals surface area contributed by atoms with Crippen molar-refractivity contribution >= 4 is 34.0 Å². The molecule has 0 saturated heterocycles. The van der Waals surface area contributed by atoms with E-state index in [0.717, 1.165) is 16.8 Å². The number of nitrogens with zero attached hydrogens (tertiary/aromatic N) is 1. The summed E-state index contributed by atoms with van der Waals surface area (Å²) in [5.74, 6) is -1.16. The Morgan fingerprint density at radius 1 is 1.14 bits per heavy atom. The van der Waals surface area contributed by atoms with Crippen LogP contribution in [0.3, 0.4) is 0 Å². The number of carbonyl (C=O) groups is 2. The van der Waals surface area contributed by atoms with Crippen molar-refractivity contribution in [1.82, 2.24) is 4.98 Å². The van der Waals surface area contributed by atoms with Crippen LogP contribution < -0.4 is 10.6 Å². The van der Waals surface area contributed by atoms with E-state index in [1.807, 2.05) is 51.3 Å². The molecule has 1 heterocycles. The Bertz CT molecular complexity index is 707. The second kappa shape index (κ2) is 6.70. The Hall–Kier alpha value is -2.21. The topological polar surface area (TPSA) is 71.1 Å². The fourth-order valence-corrected chi connectivity index (χ4v) is 2.76. The summed E-state index contributed by atoms with van der Waals surface area (Å²) in [7, 11) is 0. The summed E-state index contributed by atoms with van der Waals surface area (Å²) in [6.45, 7) is 7.82. The van der Waals surface area contributed by atoms with Crippen LogP contribution in [-0.2, 0) is 9.59 Å². The molecular formula is C16H19N3O2S. The number of thiazole rings is 1. The van der Waals surface area contributed by atoms with Crippen LogP contribution in [-0.4, -0.2) is 16.8 Å². The molecule has 22 heavy (non-hydrogen) atoms. The normalized spacial score (nSPS) is 10.6. The van der Waals surface area contributed by atoms with E-state index in [2.05, 4.69) is 15.6 Å². The molecule has 2 rings (SSSR count). The monoisotopic (exact) mass is 317 g/mol. The molecule has 0 spiro atoms. The molecule has 0 aliphatic heterocycles. The summed E-state index contributed by atoms with van der Waals surface area (Å²) in [4.78, 5) is 28.2. The van der Waals surface area contributed by atoms with E-state index in [1.165, 1.54) is 11.3 Å². The minimum Gasteiger partial charge on any atom is -0.317 e. The SMILES string of the molecule is Cc1csc(NC(=O)C(=O)Nc2c(C)cccc2C(C)C)n1. The van der Waals surface area contributed by atoms with Gasteiger partial charge in [-0.05, 0) is 30.9 Å². The molecule has 5 nitrogen and oxygen atoms in total. The minimum absolute atomic E-state index is 0.250.